The van der Waals surface area contributed by atoms with Gasteiger partial charge in [-0.1, -0.05) is 25.0 Å². The molecule has 5 heteroatoms. The molecule has 1 aromatic rings. The molecule has 116 valence electrons. The van der Waals surface area contributed by atoms with Gasteiger partial charge in [0, 0.05) is 5.54 Å². The van der Waals surface area contributed by atoms with Gasteiger partial charge >= 0.3 is 0 Å². The lowest BCUT2D eigenvalue weighted by molar-refractivity contribution is -0.128. The molecule has 1 fully saturated rings. The molecule has 1 amide bonds. The number of hydrogen-bond donors (Lipinski definition) is 2. The zero-order chi connectivity index (χ0) is 15.3. The molecule has 3 N–H and O–H groups in total. The molecule has 0 saturated heterocycles. The van der Waals surface area contributed by atoms with Gasteiger partial charge in [-0.15, -0.1) is 0 Å². The Morgan fingerprint density at radius 2 is 2.24 bits per heavy atom. The van der Waals surface area contributed by atoms with E-state index in [0.717, 1.165) is 25.7 Å². The first kappa shape index (κ1) is 15.8. The van der Waals surface area contributed by atoms with Crippen LogP contribution < -0.4 is 15.8 Å². The molecule has 1 aliphatic rings. The van der Waals surface area contributed by atoms with Gasteiger partial charge in [0.25, 0.3) is 0 Å². The summed E-state index contributed by atoms with van der Waals surface area (Å²) in [6.07, 6.45) is 3.81. The van der Waals surface area contributed by atoms with Crippen molar-refractivity contribution in [1.29, 1.82) is 0 Å². The second-order valence-electron chi connectivity index (χ2n) is 5.87. The lowest BCUT2D eigenvalue weighted by Crippen LogP contribution is -2.53. The highest BCUT2D eigenvalue weighted by Crippen LogP contribution is 2.31. The van der Waals surface area contributed by atoms with E-state index >= 15 is 0 Å². The Labute approximate surface area is 124 Å². The van der Waals surface area contributed by atoms with E-state index in [1.54, 1.807) is 18.2 Å². The summed E-state index contributed by atoms with van der Waals surface area (Å²) in [6.45, 7) is 2.52. The average molecular weight is 294 g/mol. The van der Waals surface area contributed by atoms with Gasteiger partial charge in [-0.2, -0.15) is 0 Å². The number of nitrogens with two attached hydrogens (primary N) is 1. The van der Waals surface area contributed by atoms with E-state index in [4.69, 9.17) is 10.5 Å². The number of carbonyl (C=O) groups excluding carboxylic acids is 1. The fourth-order valence-electron chi connectivity index (χ4n) is 2.81. The van der Waals surface area contributed by atoms with Gasteiger partial charge in [-0.3, -0.25) is 4.79 Å². The summed E-state index contributed by atoms with van der Waals surface area (Å²) in [5.74, 6) is -0.379. The number of benzene rings is 1. The normalized spacial score (nSPS) is 25.4. The number of rotatable bonds is 5. The van der Waals surface area contributed by atoms with E-state index in [9.17, 15) is 9.18 Å². The van der Waals surface area contributed by atoms with Crippen molar-refractivity contribution in [1.82, 2.24) is 5.32 Å². The molecule has 0 heterocycles. The molecule has 1 aliphatic carbocycles. The Kier molecular flexibility index (Phi) is 5.17. The first-order valence-electron chi connectivity index (χ1n) is 7.44. The van der Waals surface area contributed by atoms with Crippen LogP contribution in [0, 0.1) is 11.7 Å². The van der Waals surface area contributed by atoms with Crippen molar-refractivity contribution in [2.24, 2.45) is 11.7 Å². The molecule has 0 radical (unpaired) electrons. The van der Waals surface area contributed by atoms with E-state index in [2.05, 4.69) is 5.32 Å². The molecule has 1 aromatic carbocycles. The number of ether oxygens (including phenoxy) is 1. The first-order valence-corrected chi connectivity index (χ1v) is 7.44. The minimum absolute atomic E-state index is 0.0307. The second-order valence-corrected chi connectivity index (χ2v) is 5.87. The lowest BCUT2D eigenvalue weighted by atomic mass is 9.74. The van der Waals surface area contributed by atoms with E-state index in [1.165, 1.54) is 6.07 Å². The van der Waals surface area contributed by atoms with E-state index < -0.39 is 11.4 Å². The number of hydrogen-bond acceptors (Lipinski definition) is 3. The van der Waals surface area contributed by atoms with Crippen molar-refractivity contribution in [2.45, 2.75) is 38.1 Å². The Bertz CT molecular complexity index is 491. The van der Waals surface area contributed by atoms with Crippen molar-refractivity contribution in [3.8, 4) is 5.75 Å². The van der Waals surface area contributed by atoms with Crippen LogP contribution in [0.25, 0.3) is 0 Å². The number of para-hydroxylation sites is 1. The number of carbonyl (C=O) groups is 1. The molecule has 0 spiro atoms. The summed E-state index contributed by atoms with van der Waals surface area (Å²) in [7, 11) is 0. The van der Waals surface area contributed by atoms with Gasteiger partial charge in [-0.05, 0) is 31.9 Å². The van der Waals surface area contributed by atoms with Gasteiger partial charge in [0.1, 0.15) is 6.61 Å². The van der Waals surface area contributed by atoms with Crippen molar-refractivity contribution < 1.29 is 13.9 Å². The van der Waals surface area contributed by atoms with E-state index in [-0.39, 0.29) is 24.2 Å². The summed E-state index contributed by atoms with van der Waals surface area (Å²) in [5, 5.41) is 2.83. The number of nitrogens with one attached hydrogen (secondary N) is 1. The summed E-state index contributed by atoms with van der Waals surface area (Å²) < 4.78 is 18.6. The fraction of sp³-hybridized carbons (Fsp3) is 0.562. The van der Waals surface area contributed by atoms with Crippen LogP contribution in [-0.4, -0.2) is 24.6 Å². The summed E-state index contributed by atoms with van der Waals surface area (Å²) in [4.78, 5) is 12.2. The molecule has 0 bridgehead atoms. The Balaban J connectivity index is 1.76. The maximum Gasteiger partial charge on any atom is 0.225 e. The number of halogens is 1. The highest BCUT2D eigenvalue weighted by molar-refractivity contribution is 5.80. The van der Waals surface area contributed by atoms with Crippen LogP contribution in [0.5, 0.6) is 5.75 Å². The predicted molar refractivity (Wildman–Crippen MR) is 79.5 cm³/mol. The molecule has 21 heavy (non-hydrogen) atoms. The summed E-state index contributed by atoms with van der Waals surface area (Å²) >= 11 is 0. The van der Waals surface area contributed by atoms with E-state index in [0.29, 0.717) is 6.54 Å². The van der Waals surface area contributed by atoms with Crippen molar-refractivity contribution in [2.75, 3.05) is 13.2 Å². The minimum Gasteiger partial charge on any atom is -0.489 e. The third-order valence-electron chi connectivity index (χ3n) is 4.07. The molecule has 2 rings (SSSR count). The number of amides is 1. The van der Waals surface area contributed by atoms with Crippen molar-refractivity contribution in [3.63, 3.8) is 0 Å². The van der Waals surface area contributed by atoms with Crippen LogP contribution in [0.3, 0.4) is 0 Å². The molecular formula is C16H23FN2O2. The molecule has 2 atom stereocenters. The zero-order valence-electron chi connectivity index (χ0n) is 12.4. The third-order valence-corrected chi connectivity index (χ3v) is 4.07. The maximum atomic E-state index is 13.3. The predicted octanol–water partition coefficient (Wildman–Crippen LogP) is 2.23. The largest absolute Gasteiger partial charge is 0.489 e. The van der Waals surface area contributed by atoms with Crippen LogP contribution >= 0.6 is 0 Å². The van der Waals surface area contributed by atoms with Crippen LogP contribution in [0.1, 0.15) is 32.6 Å². The summed E-state index contributed by atoms with van der Waals surface area (Å²) in [5.41, 5.74) is 5.76. The molecule has 0 aromatic heterocycles. The van der Waals surface area contributed by atoms with Gasteiger partial charge in [0.2, 0.25) is 5.91 Å². The SMILES string of the molecule is CC1(N)CCCCC1C(=O)NCCOc1ccccc1F. The smallest absolute Gasteiger partial charge is 0.225 e. The standard InChI is InChI=1S/C16H23FN2O2/c1-16(18)9-5-4-6-12(16)15(20)19-10-11-21-14-8-3-2-7-13(14)17/h2-3,7-8,12H,4-6,9-11,18H2,1H3,(H,19,20). The zero-order valence-corrected chi connectivity index (χ0v) is 12.4. The molecule has 0 aliphatic heterocycles. The quantitative estimate of drug-likeness (QED) is 0.819. The summed E-state index contributed by atoms with van der Waals surface area (Å²) in [6, 6.07) is 6.22. The van der Waals surface area contributed by atoms with E-state index in [1.807, 2.05) is 6.92 Å². The van der Waals surface area contributed by atoms with Crippen molar-refractivity contribution in [3.05, 3.63) is 30.1 Å². The van der Waals surface area contributed by atoms with Crippen molar-refractivity contribution >= 4 is 5.91 Å². The van der Waals surface area contributed by atoms with Gasteiger partial charge < -0.3 is 15.8 Å². The lowest BCUT2D eigenvalue weighted by Gasteiger charge is -2.37. The second kappa shape index (κ2) is 6.89. The highest BCUT2D eigenvalue weighted by Gasteiger charge is 2.37. The Morgan fingerprint density at radius 3 is 2.95 bits per heavy atom. The first-order chi connectivity index (χ1) is 10.0. The Hall–Kier alpha value is -1.62. The van der Waals surface area contributed by atoms with Crippen LogP contribution in [-0.2, 0) is 4.79 Å². The fourth-order valence-corrected chi connectivity index (χ4v) is 2.81. The topological polar surface area (TPSA) is 64.4 Å². The minimum atomic E-state index is -0.436. The van der Waals surface area contributed by atoms with Crippen LogP contribution in [0.2, 0.25) is 0 Å². The van der Waals surface area contributed by atoms with Gasteiger partial charge in [0.05, 0.1) is 12.5 Å². The van der Waals surface area contributed by atoms with Gasteiger partial charge in [0.15, 0.2) is 11.6 Å². The van der Waals surface area contributed by atoms with Crippen LogP contribution in [0.15, 0.2) is 24.3 Å². The average Bonchev–Trinajstić information content (AvgIpc) is 2.44. The highest BCUT2D eigenvalue weighted by atomic mass is 19.1. The maximum absolute atomic E-state index is 13.3. The molecule has 2 unspecified atom stereocenters. The Morgan fingerprint density at radius 1 is 1.48 bits per heavy atom. The molecule has 1 saturated carbocycles. The third kappa shape index (κ3) is 4.17. The molecule has 4 nitrogen and oxygen atoms in total. The monoisotopic (exact) mass is 294 g/mol. The van der Waals surface area contributed by atoms with Crippen LogP contribution in [0.4, 0.5) is 4.39 Å². The molecular weight excluding hydrogens is 271 g/mol. The van der Waals surface area contributed by atoms with Gasteiger partial charge in [-0.25, -0.2) is 4.39 Å².